The van der Waals surface area contributed by atoms with Gasteiger partial charge in [-0.2, -0.15) is 5.01 Å². The molecule has 1 aliphatic heterocycles. The van der Waals surface area contributed by atoms with Crippen LogP contribution in [0.25, 0.3) is 0 Å². The fourth-order valence-corrected chi connectivity index (χ4v) is 1.96. The number of carbonyl (C=O) groups excluding carboxylic acids is 2. The first kappa shape index (κ1) is 12.9. The van der Waals surface area contributed by atoms with Gasteiger partial charge in [-0.15, -0.1) is 0 Å². The van der Waals surface area contributed by atoms with Gasteiger partial charge in [0.05, 0.1) is 5.69 Å². The van der Waals surface area contributed by atoms with Gasteiger partial charge in [0.2, 0.25) is 0 Å². The summed E-state index contributed by atoms with van der Waals surface area (Å²) in [6.07, 6.45) is 2.47. The summed E-state index contributed by atoms with van der Waals surface area (Å²) in [4.78, 5) is 22.9. The topological polar surface area (TPSA) is 61.4 Å². The highest BCUT2D eigenvalue weighted by Gasteiger charge is 2.23. The molecular weight excluding hydrogens is 266 g/mol. The van der Waals surface area contributed by atoms with Crippen molar-refractivity contribution in [1.29, 1.82) is 0 Å². The number of para-hydroxylation sites is 1. The Labute approximate surface area is 121 Å². The molecule has 104 valence electrons. The summed E-state index contributed by atoms with van der Waals surface area (Å²) in [5.74, 6) is -0.738. The van der Waals surface area contributed by atoms with Gasteiger partial charge < -0.3 is 5.32 Å². The summed E-state index contributed by atoms with van der Waals surface area (Å²) < 4.78 is 0. The van der Waals surface area contributed by atoms with E-state index in [2.05, 4.69) is 10.7 Å². The maximum absolute atomic E-state index is 11.4. The van der Waals surface area contributed by atoms with E-state index < -0.39 is 0 Å². The molecule has 0 spiro atoms. The number of imide groups is 1. The molecular formula is C16H13N3O2. The van der Waals surface area contributed by atoms with Crippen molar-refractivity contribution in [3.63, 3.8) is 0 Å². The molecule has 21 heavy (non-hydrogen) atoms. The van der Waals surface area contributed by atoms with Crippen molar-refractivity contribution in [3.8, 4) is 0 Å². The molecule has 0 atom stereocenters. The second kappa shape index (κ2) is 5.50. The number of amides is 2. The summed E-state index contributed by atoms with van der Waals surface area (Å²) in [6.45, 7) is 0. The molecule has 2 N–H and O–H groups in total. The molecule has 2 aromatic rings. The number of hydrogen-bond donors (Lipinski definition) is 2. The van der Waals surface area contributed by atoms with Crippen molar-refractivity contribution in [1.82, 2.24) is 5.01 Å². The number of hydrazine groups is 1. The van der Waals surface area contributed by atoms with Crippen LogP contribution in [0, 0.1) is 0 Å². The molecule has 0 fully saturated rings. The standard InChI is InChI=1S/C16H13N3O2/c20-15-10-11-16(21)19(15)18-14-8-6-13(7-9-14)17-12-4-2-1-3-5-12/h1-11,17-18H. The van der Waals surface area contributed by atoms with E-state index >= 15 is 0 Å². The predicted molar refractivity (Wildman–Crippen MR) is 80.8 cm³/mol. The number of carbonyl (C=O) groups is 2. The number of rotatable bonds is 4. The molecule has 0 saturated heterocycles. The molecule has 0 unspecified atom stereocenters. The van der Waals surface area contributed by atoms with Crippen LogP contribution in [0.1, 0.15) is 0 Å². The molecule has 2 amide bonds. The minimum Gasteiger partial charge on any atom is -0.356 e. The molecule has 5 heteroatoms. The van der Waals surface area contributed by atoms with Gasteiger partial charge in [-0.05, 0) is 36.4 Å². The van der Waals surface area contributed by atoms with Crippen molar-refractivity contribution in [2.75, 3.05) is 10.7 Å². The van der Waals surface area contributed by atoms with E-state index in [1.807, 2.05) is 42.5 Å². The first-order valence-corrected chi connectivity index (χ1v) is 6.47. The third kappa shape index (κ3) is 2.92. The Morgan fingerprint density at radius 2 is 1.19 bits per heavy atom. The monoisotopic (exact) mass is 279 g/mol. The number of anilines is 3. The Balaban J connectivity index is 1.67. The van der Waals surface area contributed by atoms with Gasteiger partial charge in [-0.3, -0.25) is 15.0 Å². The molecule has 1 heterocycles. The van der Waals surface area contributed by atoms with Crippen LogP contribution in [-0.4, -0.2) is 16.8 Å². The van der Waals surface area contributed by atoms with Crippen molar-refractivity contribution >= 4 is 28.9 Å². The van der Waals surface area contributed by atoms with Gasteiger partial charge in [0.15, 0.2) is 0 Å². The minimum atomic E-state index is -0.369. The van der Waals surface area contributed by atoms with Crippen LogP contribution in [0.15, 0.2) is 66.7 Å². The number of hydrogen-bond acceptors (Lipinski definition) is 4. The van der Waals surface area contributed by atoms with Crippen LogP contribution in [-0.2, 0) is 9.59 Å². The van der Waals surface area contributed by atoms with Gasteiger partial charge in [0.25, 0.3) is 11.8 Å². The summed E-state index contributed by atoms with van der Waals surface area (Å²) in [6, 6.07) is 17.1. The zero-order valence-corrected chi connectivity index (χ0v) is 11.1. The van der Waals surface area contributed by atoms with E-state index in [0.29, 0.717) is 5.69 Å². The Morgan fingerprint density at radius 1 is 0.667 bits per heavy atom. The Hall–Kier alpha value is -3.08. The maximum Gasteiger partial charge on any atom is 0.272 e. The lowest BCUT2D eigenvalue weighted by Gasteiger charge is -2.16. The van der Waals surface area contributed by atoms with Gasteiger partial charge in [-0.25, -0.2) is 0 Å². The zero-order chi connectivity index (χ0) is 14.7. The van der Waals surface area contributed by atoms with Crippen LogP contribution in [0.4, 0.5) is 17.1 Å². The largest absolute Gasteiger partial charge is 0.356 e. The molecule has 1 aliphatic rings. The highest BCUT2D eigenvalue weighted by molar-refractivity contribution is 6.13. The summed E-state index contributed by atoms with van der Waals surface area (Å²) in [5.41, 5.74) is 5.35. The number of nitrogens with zero attached hydrogens (tertiary/aromatic N) is 1. The van der Waals surface area contributed by atoms with Crippen LogP contribution in [0.5, 0.6) is 0 Å². The second-order valence-corrected chi connectivity index (χ2v) is 4.53. The lowest BCUT2D eigenvalue weighted by Crippen LogP contribution is -2.35. The first-order valence-electron chi connectivity index (χ1n) is 6.47. The lowest BCUT2D eigenvalue weighted by molar-refractivity contribution is -0.135. The first-order chi connectivity index (χ1) is 10.2. The molecule has 0 saturated carbocycles. The molecule has 2 aromatic carbocycles. The summed E-state index contributed by atoms with van der Waals surface area (Å²) in [7, 11) is 0. The van der Waals surface area contributed by atoms with E-state index in [1.165, 1.54) is 12.2 Å². The molecule has 5 nitrogen and oxygen atoms in total. The highest BCUT2D eigenvalue weighted by Crippen LogP contribution is 2.19. The number of benzene rings is 2. The molecule has 0 bridgehead atoms. The SMILES string of the molecule is O=C1C=CC(=O)N1Nc1ccc(Nc2ccccc2)cc1. The third-order valence-corrected chi connectivity index (χ3v) is 3.00. The average molecular weight is 279 g/mol. The van der Waals surface area contributed by atoms with Gasteiger partial charge in [-0.1, -0.05) is 18.2 Å². The Bertz CT molecular complexity index is 675. The predicted octanol–water partition coefficient (Wildman–Crippen LogP) is 2.68. The van der Waals surface area contributed by atoms with E-state index in [1.54, 1.807) is 12.1 Å². The van der Waals surface area contributed by atoms with Crippen molar-refractivity contribution in [3.05, 3.63) is 66.7 Å². The fourth-order valence-electron chi connectivity index (χ4n) is 1.96. The molecule has 0 aliphatic carbocycles. The van der Waals surface area contributed by atoms with Gasteiger partial charge in [0, 0.05) is 23.5 Å². The Kier molecular flexibility index (Phi) is 3.39. The second-order valence-electron chi connectivity index (χ2n) is 4.53. The van der Waals surface area contributed by atoms with Crippen LogP contribution in [0.2, 0.25) is 0 Å². The van der Waals surface area contributed by atoms with Crippen LogP contribution >= 0.6 is 0 Å². The summed E-state index contributed by atoms with van der Waals surface area (Å²) in [5, 5.41) is 4.23. The van der Waals surface area contributed by atoms with Gasteiger partial charge in [0.1, 0.15) is 0 Å². The third-order valence-electron chi connectivity index (χ3n) is 3.00. The van der Waals surface area contributed by atoms with Gasteiger partial charge >= 0.3 is 0 Å². The van der Waals surface area contributed by atoms with Crippen molar-refractivity contribution in [2.45, 2.75) is 0 Å². The summed E-state index contributed by atoms with van der Waals surface area (Å²) >= 11 is 0. The van der Waals surface area contributed by atoms with E-state index in [9.17, 15) is 9.59 Å². The van der Waals surface area contributed by atoms with E-state index in [-0.39, 0.29) is 11.8 Å². The average Bonchev–Trinajstić information content (AvgIpc) is 2.82. The molecule has 0 radical (unpaired) electrons. The zero-order valence-electron chi connectivity index (χ0n) is 11.1. The quantitative estimate of drug-likeness (QED) is 0.845. The highest BCUT2D eigenvalue weighted by atomic mass is 16.2. The normalized spacial score (nSPS) is 13.6. The van der Waals surface area contributed by atoms with Crippen LogP contribution in [0.3, 0.4) is 0 Å². The molecule has 3 rings (SSSR count). The maximum atomic E-state index is 11.4. The van der Waals surface area contributed by atoms with E-state index in [4.69, 9.17) is 0 Å². The lowest BCUT2D eigenvalue weighted by atomic mass is 10.2. The number of nitrogens with one attached hydrogen (secondary N) is 2. The van der Waals surface area contributed by atoms with Crippen LogP contribution < -0.4 is 10.7 Å². The smallest absolute Gasteiger partial charge is 0.272 e. The fraction of sp³-hybridized carbons (Fsp3) is 0. The Morgan fingerprint density at radius 3 is 1.81 bits per heavy atom. The van der Waals surface area contributed by atoms with Crippen molar-refractivity contribution in [2.24, 2.45) is 0 Å². The molecule has 0 aromatic heterocycles. The van der Waals surface area contributed by atoms with Crippen molar-refractivity contribution < 1.29 is 9.59 Å². The van der Waals surface area contributed by atoms with E-state index in [0.717, 1.165) is 16.4 Å². The minimum absolute atomic E-state index is 0.369.